The average molecular weight is 428 g/mol. The van der Waals surface area contributed by atoms with Crippen molar-refractivity contribution in [2.45, 2.75) is 13.5 Å². The molecule has 29 heavy (non-hydrogen) atoms. The van der Waals surface area contributed by atoms with E-state index in [1.807, 2.05) is 36.6 Å². The summed E-state index contributed by atoms with van der Waals surface area (Å²) in [6.07, 6.45) is 2.95. The van der Waals surface area contributed by atoms with E-state index in [1.165, 1.54) is 6.08 Å². The van der Waals surface area contributed by atoms with Crippen LogP contribution in [0.1, 0.15) is 26.6 Å². The molecule has 1 aromatic heterocycles. The summed E-state index contributed by atoms with van der Waals surface area (Å²) in [6, 6.07) is 13.9. The number of rotatable bonds is 6. The van der Waals surface area contributed by atoms with Crippen molar-refractivity contribution in [1.82, 2.24) is 15.8 Å². The molecule has 0 aliphatic rings. The molecule has 0 aliphatic carbocycles. The maximum atomic E-state index is 12.0. The van der Waals surface area contributed by atoms with E-state index in [-0.39, 0.29) is 5.56 Å². The summed E-state index contributed by atoms with van der Waals surface area (Å²) >= 11 is 7.53. The van der Waals surface area contributed by atoms with Crippen LogP contribution in [0.4, 0.5) is 0 Å². The molecule has 148 valence electrons. The van der Waals surface area contributed by atoms with E-state index in [0.29, 0.717) is 17.4 Å². The van der Waals surface area contributed by atoms with Gasteiger partial charge in [-0.3, -0.25) is 20.4 Å². The average Bonchev–Trinajstić information content (AvgIpc) is 3.15. The number of ether oxygens (including phenoxy) is 1. The van der Waals surface area contributed by atoms with Crippen LogP contribution in [0.15, 0.2) is 60.0 Å². The van der Waals surface area contributed by atoms with Crippen LogP contribution in [0.2, 0.25) is 5.02 Å². The maximum Gasteiger partial charge on any atom is 0.271 e. The smallest absolute Gasteiger partial charge is 0.271 e. The summed E-state index contributed by atoms with van der Waals surface area (Å²) in [5, 5.41) is 3.28. The molecule has 8 heteroatoms. The Hall–Kier alpha value is -3.16. The van der Waals surface area contributed by atoms with Gasteiger partial charge in [-0.05, 0) is 42.8 Å². The number of hydrazine groups is 1. The Labute approximate surface area is 177 Å². The summed E-state index contributed by atoms with van der Waals surface area (Å²) in [5.41, 5.74) is 6.62. The first kappa shape index (κ1) is 20.6. The standard InChI is InChI=1S/C21H18ClN3O3S/c1-14-23-16(13-29-14)12-28-17-9-6-15(7-10-17)8-11-20(26)24-25-21(27)18-4-2-3-5-19(18)22/h2-11,13H,12H2,1H3,(H,24,26)(H,25,27)/b11-8+. The third kappa shape index (κ3) is 6.17. The SMILES string of the molecule is Cc1nc(COc2ccc(/C=C/C(=O)NNC(=O)c3ccccc3Cl)cc2)cs1. The van der Waals surface area contributed by atoms with Gasteiger partial charge in [0.05, 0.1) is 21.3 Å². The van der Waals surface area contributed by atoms with Gasteiger partial charge >= 0.3 is 0 Å². The van der Waals surface area contributed by atoms with E-state index in [0.717, 1.165) is 16.3 Å². The van der Waals surface area contributed by atoms with E-state index >= 15 is 0 Å². The molecule has 0 atom stereocenters. The van der Waals surface area contributed by atoms with Gasteiger partial charge in [-0.25, -0.2) is 4.98 Å². The minimum atomic E-state index is -0.492. The predicted molar refractivity (Wildman–Crippen MR) is 114 cm³/mol. The highest BCUT2D eigenvalue weighted by Gasteiger charge is 2.09. The predicted octanol–water partition coefficient (Wildman–Crippen LogP) is 4.16. The molecular weight excluding hydrogens is 410 g/mol. The van der Waals surface area contributed by atoms with Crippen molar-refractivity contribution >= 4 is 40.8 Å². The molecule has 2 N–H and O–H groups in total. The first-order valence-corrected chi connectivity index (χ1v) is 9.94. The van der Waals surface area contributed by atoms with Crippen LogP contribution in [0.25, 0.3) is 6.08 Å². The number of hydrogen-bond acceptors (Lipinski definition) is 5. The lowest BCUT2D eigenvalue weighted by molar-refractivity contribution is -0.117. The Morgan fingerprint density at radius 2 is 1.90 bits per heavy atom. The van der Waals surface area contributed by atoms with Gasteiger partial charge in [-0.1, -0.05) is 35.9 Å². The summed E-state index contributed by atoms with van der Waals surface area (Å²) in [6.45, 7) is 2.36. The number of thiazole rings is 1. The normalized spacial score (nSPS) is 10.7. The lowest BCUT2D eigenvalue weighted by Crippen LogP contribution is -2.40. The van der Waals surface area contributed by atoms with Gasteiger partial charge in [0.2, 0.25) is 0 Å². The largest absolute Gasteiger partial charge is 0.487 e. The van der Waals surface area contributed by atoms with Crippen LogP contribution in [0.3, 0.4) is 0 Å². The molecule has 0 unspecified atom stereocenters. The second-order valence-electron chi connectivity index (χ2n) is 5.97. The molecule has 3 rings (SSSR count). The van der Waals surface area contributed by atoms with E-state index in [1.54, 1.807) is 41.7 Å². The van der Waals surface area contributed by atoms with E-state index < -0.39 is 11.8 Å². The summed E-state index contributed by atoms with van der Waals surface area (Å²) in [5.74, 6) is -0.247. The Kier molecular flexibility index (Phi) is 6.99. The van der Waals surface area contributed by atoms with Gasteiger partial charge in [-0.2, -0.15) is 0 Å². The number of aryl methyl sites for hydroxylation is 1. The number of nitrogens with zero attached hydrogens (tertiary/aromatic N) is 1. The Morgan fingerprint density at radius 3 is 2.59 bits per heavy atom. The molecule has 2 amide bonds. The van der Waals surface area contributed by atoms with Crippen LogP contribution in [0, 0.1) is 6.92 Å². The van der Waals surface area contributed by atoms with Gasteiger partial charge in [-0.15, -0.1) is 11.3 Å². The molecular formula is C21H18ClN3O3S. The molecule has 0 fully saturated rings. The number of hydrogen-bond donors (Lipinski definition) is 2. The zero-order chi connectivity index (χ0) is 20.6. The van der Waals surface area contributed by atoms with Crippen LogP contribution in [0.5, 0.6) is 5.75 Å². The number of benzene rings is 2. The monoisotopic (exact) mass is 427 g/mol. The highest BCUT2D eigenvalue weighted by atomic mass is 35.5. The lowest BCUT2D eigenvalue weighted by Gasteiger charge is -2.06. The second-order valence-corrected chi connectivity index (χ2v) is 7.44. The van der Waals surface area contributed by atoms with E-state index in [4.69, 9.17) is 16.3 Å². The highest BCUT2D eigenvalue weighted by molar-refractivity contribution is 7.09. The van der Waals surface area contributed by atoms with Gasteiger partial charge in [0.1, 0.15) is 12.4 Å². The minimum absolute atomic E-state index is 0.279. The number of aromatic nitrogens is 1. The van der Waals surface area contributed by atoms with Crippen molar-refractivity contribution in [3.63, 3.8) is 0 Å². The van der Waals surface area contributed by atoms with Gasteiger partial charge in [0.25, 0.3) is 11.8 Å². The lowest BCUT2D eigenvalue weighted by atomic mass is 10.2. The number of carbonyl (C=O) groups excluding carboxylic acids is 2. The summed E-state index contributed by atoms with van der Waals surface area (Å²) < 4.78 is 5.69. The van der Waals surface area contributed by atoms with Crippen LogP contribution >= 0.6 is 22.9 Å². The summed E-state index contributed by atoms with van der Waals surface area (Å²) in [4.78, 5) is 28.2. The van der Waals surface area contributed by atoms with Crippen molar-refractivity contribution in [2.75, 3.05) is 0 Å². The van der Waals surface area contributed by atoms with Crippen molar-refractivity contribution in [1.29, 1.82) is 0 Å². The fourth-order valence-electron chi connectivity index (χ4n) is 2.35. The number of nitrogens with one attached hydrogen (secondary N) is 2. The van der Waals surface area contributed by atoms with Crippen molar-refractivity contribution in [3.8, 4) is 5.75 Å². The Bertz CT molecular complexity index is 1030. The number of halogens is 1. The summed E-state index contributed by atoms with van der Waals surface area (Å²) in [7, 11) is 0. The van der Waals surface area contributed by atoms with Crippen molar-refractivity contribution in [2.24, 2.45) is 0 Å². The van der Waals surface area contributed by atoms with E-state index in [9.17, 15) is 9.59 Å². The zero-order valence-corrected chi connectivity index (χ0v) is 17.1. The third-order valence-corrected chi connectivity index (χ3v) is 4.93. The molecule has 0 saturated carbocycles. The molecule has 0 bridgehead atoms. The number of amides is 2. The molecule has 3 aromatic rings. The van der Waals surface area contributed by atoms with Gasteiger partial charge in [0.15, 0.2) is 0 Å². The van der Waals surface area contributed by atoms with E-state index in [2.05, 4.69) is 15.8 Å². The number of carbonyl (C=O) groups is 2. The fraction of sp³-hybridized carbons (Fsp3) is 0.0952. The topological polar surface area (TPSA) is 80.3 Å². The minimum Gasteiger partial charge on any atom is -0.487 e. The first-order chi connectivity index (χ1) is 14.0. The van der Waals surface area contributed by atoms with Crippen molar-refractivity contribution < 1.29 is 14.3 Å². The molecule has 0 saturated heterocycles. The van der Waals surface area contributed by atoms with Gasteiger partial charge < -0.3 is 4.74 Å². The van der Waals surface area contributed by atoms with Crippen LogP contribution in [-0.4, -0.2) is 16.8 Å². The molecule has 0 aliphatic heterocycles. The van der Waals surface area contributed by atoms with Crippen molar-refractivity contribution in [3.05, 3.63) is 86.8 Å². The van der Waals surface area contributed by atoms with Crippen LogP contribution < -0.4 is 15.6 Å². The zero-order valence-electron chi connectivity index (χ0n) is 15.5. The Balaban J connectivity index is 1.47. The third-order valence-electron chi connectivity index (χ3n) is 3.78. The first-order valence-electron chi connectivity index (χ1n) is 8.68. The molecule has 2 aromatic carbocycles. The maximum absolute atomic E-state index is 12.0. The van der Waals surface area contributed by atoms with Gasteiger partial charge in [0, 0.05) is 11.5 Å². The van der Waals surface area contributed by atoms with Crippen LogP contribution in [-0.2, 0) is 11.4 Å². The fourth-order valence-corrected chi connectivity index (χ4v) is 3.17. The molecule has 0 spiro atoms. The highest BCUT2D eigenvalue weighted by Crippen LogP contribution is 2.16. The quantitative estimate of drug-likeness (QED) is 0.457. The second kappa shape index (κ2) is 9.86. The molecule has 1 heterocycles. The molecule has 6 nitrogen and oxygen atoms in total. The Morgan fingerprint density at radius 1 is 1.14 bits per heavy atom. The molecule has 0 radical (unpaired) electrons.